The lowest BCUT2D eigenvalue weighted by atomic mass is 9.95. The van der Waals surface area contributed by atoms with E-state index in [0.717, 1.165) is 16.9 Å². The van der Waals surface area contributed by atoms with Crippen LogP contribution in [0.4, 0.5) is 5.13 Å². The number of hydrogen-bond acceptors (Lipinski definition) is 9. The number of hydrogen-bond donors (Lipinski definition) is 1. The molecule has 0 radical (unpaired) electrons. The third-order valence-corrected chi connectivity index (χ3v) is 7.27. The van der Waals surface area contributed by atoms with E-state index in [-0.39, 0.29) is 27.9 Å². The van der Waals surface area contributed by atoms with Gasteiger partial charge in [0.15, 0.2) is 5.13 Å². The maximum absolute atomic E-state index is 13.5. The monoisotopic (exact) mass is 548 g/mol. The van der Waals surface area contributed by atoms with E-state index in [1.165, 1.54) is 18.1 Å². The zero-order chi connectivity index (χ0) is 28.3. The van der Waals surface area contributed by atoms with Crippen molar-refractivity contribution in [3.63, 3.8) is 0 Å². The van der Waals surface area contributed by atoms with Crippen molar-refractivity contribution in [3.05, 3.63) is 88.0 Å². The molecule has 1 aliphatic rings. The van der Waals surface area contributed by atoms with E-state index in [2.05, 4.69) is 11.6 Å². The molecule has 0 aliphatic carbocycles. The van der Waals surface area contributed by atoms with Crippen LogP contribution in [-0.2, 0) is 14.3 Å². The summed E-state index contributed by atoms with van der Waals surface area (Å²) >= 11 is 0.934. The van der Waals surface area contributed by atoms with Gasteiger partial charge >= 0.3 is 11.9 Å². The number of carbonyl (C=O) groups is 3. The average molecular weight is 549 g/mol. The van der Waals surface area contributed by atoms with Crippen molar-refractivity contribution in [2.45, 2.75) is 26.8 Å². The molecule has 0 spiro atoms. The number of ketones is 1. The van der Waals surface area contributed by atoms with Crippen LogP contribution in [0.5, 0.6) is 11.5 Å². The van der Waals surface area contributed by atoms with Gasteiger partial charge in [0.2, 0.25) is 0 Å². The highest BCUT2D eigenvalue weighted by Gasteiger charge is 2.48. The number of anilines is 1. The molecule has 2 aromatic carbocycles. The summed E-state index contributed by atoms with van der Waals surface area (Å²) in [5, 5.41) is 11.5. The van der Waals surface area contributed by atoms with Gasteiger partial charge in [-0.3, -0.25) is 14.5 Å². The number of aryl methyl sites for hydroxylation is 2. The first-order chi connectivity index (χ1) is 18.7. The van der Waals surface area contributed by atoms with Crippen LogP contribution in [0.2, 0.25) is 0 Å². The molecule has 2 heterocycles. The average Bonchev–Trinajstić information content (AvgIpc) is 3.44. The van der Waals surface area contributed by atoms with Crippen LogP contribution in [-0.4, -0.2) is 48.1 Å². The van der Waals surface area contributed by atoms with E-state index in [9.17, 15) is 19.5 Å². The number of amides is 1. The van der Waals surface area contributed by atoms with Gasteiger partial charge in [-0.15, -0.1) is 0 Å². The molecule has 4 rings (SSSR count). The summed E-state index contributed by atoms with van der Waals surface area (Å²) in [7, 11) is 1.53. The quantitative estimate of drug-likeness (QED) is 0.129. The highest BCUT2D eigenvalue weighted by Crippen LogP contribution is 2.44. The van der Waals surface area contributed by atoms with Crippen molar-refractivity contribution in [1.82, 2.24) is 4.98 Å². The molecular formula is C29H28N2O7S. The van der Waals surface area contributed by atoms with E-state index in [4.69, 9.17) is 14.2 Å². The molecule has 1 fully saturated rings. The second-order valence-electron chi connectivity index (χ2n) is 8.65. The van der Waals surface area contributed by atoms with E-state index >= 15 is 0 Å². The molecule has 1 aliphatic heterocycles. The molecule has 3 aromatic rings. The summed E-state index contributed by atoms with van der Waals surface area (Å²) in [6.07, 6.45) is 1.44. The predicted octanol–water partition coefficient (Wildman–Crippen LogP) is 5.14. The standard InChI is InChI=1S/C29H28N2O7S/c1-6-14-38-28(35)26-17(4)30-29(39-26)31-23(18-8-11-20(36-5)12-9-18)22(25(33)27(31)34)24(32)19-10-13-21(37-7-2)16(3)15-19/h6,8-13,15,23,32H,1,7,14H2,2-5H3/t23-/m1/s1. The lowest BCUT2D eigenvalue weighted by Crippen LogP contribution is -2.29. The van der Waals surface area contributed by atoms with E-state index < -0.39 is 23.7 Å². The molecule has 1 amide bonds. The lowest BCUT2D eigenvalue weighted by Gasteiger charge is -2.23. The molecule has 202 valence electrons. The highest BCUT2D eigenvalue weighted by atomic mass is 32.1. The van der Waals surface area contributed by atoms with Crippen molar-refractivity contribution in [3.8, 4) is 11.5 Å². The van der Waals surface area contributed by atoms with Crippen molar-refractivity contribution in [1.29, 1.82) is 0 Å². The number of aliphatic hydroxyl groups is 1. The Morgan fingerprint density at radius 2 is 1.90 bits per heavy atom. The third kappa shape index (κ3) is 5.28. The maximum atomic E-state index is 13.5. The number of thiazole rings is 1. The van der Waals surface area contributed by atoms with E-state index in [1.807, 2.05) is 13.8 Å². The molecule has 0 unspecified atom stereocenters. The van der Waals surface area contributed by atoms with Crippen molar-refractivity contribution in [2.24, 2.45) is 0 Å². The van der Waals surface area contributed by atoms with E-state index in [1.54, 1.807) is 49.4 Å². The van der Waals surface area contributed by atoms with Crippen molar-refractivity contribution in [2.75, 3.05) is 25.2 Å². The van der Waals surface area contributed by atoms with Crippen LogP contribution in [0.3, 0.4) is 0 Å². The number of methoxy groups -OCH3 is 1. The van der Waals surface area contributed by atoms with Gasteiger partial charge in [0.25, 0.3) is 5.78 Å². The first-order valence-corrected chi connectivity index (χ1v) is 13.0. The minimum atomic E-state index is -1.01. The number of aliphatic hydroxyl groups excluding tert-OH is 1. The smallest absolute Gasteiger partial charge is 0.350 e. The Labute approximate surface area is 230 Å². The summed E-state index contributed by atoms with van der Waals surface area (Å²) in [5.74, 6) is -1.46. The SMILES string of the molecule is C=CCOC(=O)c1sc(N2C(=O)C(=O)C(=C(O)c3ccc(OCC)c(C)c3)[C@H]2c2ccc(OC)cc2)nc1C. The molecule has 39 heavy (non-hydrogen) atoms. The number of rotatable bonds is 9. The van der Waals surface area contributed by atoms with Gasteiger partial charge in [0.1, 0.15) is 28.7 Å². The van der Waals surface area contributed by atoms with Crippen LogP contribution in [0.15, 0.2) is 60.7 Å². The fourth-order valence-corrected chi connectivity index (χ4v) is 5.26. The summed E-state index contributed by atoms with van der Waals surface area (Å²) in [6.45, 7) is 9.34. The third-order valence-electron chi connectivity index (χ3n) is 6.13. The molecule has 1 aromatic heterocycles. The Kier molecular flexibility index (Phi) is 8.15. The second-order valence-corrected chi connectivity index (χ2v) is 9.63. The van der Waals surface area contributed by atoms with Crippen LogP contribution >= 0.6 is 11.3 Å². The molecule has 9 nitrogen and oxygen atoms in total. The number of carbonyl (C=O) groups excluding carboxylic acids is 3. The summed E-state index contributed by atoms with van der Waals surface area (Å²) in [5.41, 5.74) is 1.91. The maximum Gasteiger partial charge on any atom is 0.350 e. The molecule has 1 N–H and O–H groups in total. The molecule has 0 saturated carbocycles. The number of benzene rings is 2. The molecule has 1 saturated heterocycles. The Morgan fingerprint density at radius 1 is 1.18 bits per heavy atom. The van der Waals surface area contributed by atoms with Gasteiger partial charge in [-0.05, 0) is 62.2 Å². The van der Waals surface area contributed by atoms with Gasteiger partial charge in [-0.2, -0.15) is 0 Å². The molecule has 0 bridgehead atoms. The minimum absolute atomic E-state index is 0.0172. The molecule has 10 heteroatoms. The Balaban J connectivity index is 1.87. The number of ether oxygens (including phenoxy) is 3. The largest absolute Gasteiger partial charge is 0.507 e. The van der Waals surface area contributed by atoms with Gasteiger partial charge in [-0.25, -0.2) is 9.78 Å². The zero-order valence-electron chi connectivity index (χ0n) is 22.0. The van der Waals surface area contributed by atoms with E-state index in [0.29, 0.717) is 34.9 Å². The molecular weight excluding hydrogens is 520 g/mol. The van der Waals surface area contributed by atoms with Gasteiger partial charge in [0, 0.05) is 5.56 Å². The van der Waals surface area contributed by atoms with Gasteiger partial charge in [-0.1, -0.05) is 36.1 Å². The van der Waals surface area contributed by atoms with Crippen molar-refractivity contribution >= 4 is 39.9 Å². The van der Waals surface area contributed by atoms with Gasteiger partial charge < -0.3 is 19.3 Å². The Hall–Kier alpha value is -4.44. The fourth-order valence-electron chi connectivity index (χ4n) is 4.28. The minimum Gasteiger partial charge on any atom is -0.507 e. The lowest BCUT2D eigenvalue weighted by molar-refractivity contribution is -0.132. The molecule has 1 atom stereocenters. The first kappa shape index (κ1) is 27.6. The number of esters is 1. The normalized spacial score (nSPS) is 16.3. The van der Waals surface area contributed by atoms with Crippen LogP contribution in [0, 0.1) is 13.8 Å². The zero-order valence-corrected chi connectivity index (χ0v) is 22.8. The summed E-state index contributed by atoms with van der Waals surface area (Å²) in [4.78, 5) is 45.3. The Morgan fingerprint density at radius 3 is 2.51 bits per heavy atom. The second kappa shape index (κ2) is 11.5. The summed E-state index contributed by atoms with van der Waals surface area (Å²) in [6, 6.07) is 10.8. The Bertz CT molecular complexity index is 1470. The van der Waals surface area contributed by atoms with Crippen LogP contribution in [0.1, 0.15) is 45.0 Å². The van der Waals surface area contributed by atoms with Crippen LogP contribution in [0.25, 0.3) is 5.76 Å². The predicted molar refractivity (Wildman–Crippen MR) is 147 cm³/mol. The number of Topliss-reactive ketones (excluding diaryl/α,β-unsaturated/α-hetero) is 1. The number of nitrogens with zero attached hydrogens (tertiary/aromatic N) is 2. The topological polar surface area (TPSA) is 115 Å². The van der Waals surface area contributed by atoms with Gasteiger partial charge in [0.05, 0.1) is 31.0 Å². The first-order valence-electron chi connectivity index (χ1n) is 12.2. The summed E-state index contributed by atoms with van der Waals surface area (Å²) < 4.78 is 16.0. The number of aromatic nitrogens is 1. The highest BCUT2D eigenvalue weighted by molar-refractivity contribution is 7.17. The van der Waals surface area contributed by atoms with Crippen molar-refractivity contribution < 1.29 is 33.7 Å². The van der Waals surface area contributed by atoms with Crippen LogP contribution < -0.4 is 14.4 Å². The fraction of sp³-hybridized carbons (Fsp3) is 0.241.